The van der Waals surface area contributed by atoms with Crippen LogP contribution in [0.25, 0.3) is 5.69 Å². The molecule has 0 aliphatic heterocycles. The molecule has 6 heteroatoms. The standard InChI is InChI=1S/C13H13N3O3/c1-15(9-17)12(13(18)19)10-7-14-16(8-10)11-5-3-2-4-6-11/h2-9,12H,1H3,(H,18,19). The van der Waals surface area contributed by atoms with E-state index in [1.807, 2.05) is 30.3 Å². The van der Waals surface area contributed by atoms with Crippen LogP contribution in [-0.2, 0) is 9.59 Å². The molecule has 1 atom stereocenters. The molecule has 0 bridgehead atoms. The highest BCUT2D eigenvalue weighted by molar-refractivity contribution is 5.77. The summed E-state index contributed by atoms with van der Waals surface area (Å²) < 4.78 is 1.57. The number of carboxylic acids is 1. The number of hydrogen-bond donors (Lipinski definition) is 1. The second kappa shape index (κ2) is 5.34. The van der Waals surface area contributed by atoms with E-state index in [2.05, 4.69) is 5.10 Å². The molecule has 1 heterocycles. The van der Waals surface area contributed by atoms with Crippen LogP contribution in [0.5, 0.6) is 0 Å². The van der Waals surface area contributed by atoms with E-state index in [4.69, 9.17) is 0 Å². The molecule has 1 aromatic carbocycles. The summed E-state index contributed by atoms with van der Waals surface area (Å²) in [5.41, 5.74) is 1.28. The molecule has 0 radical (unpaired) electrons. The molecule has 2 aromatic rings. The van der Waals surface area contributed by atoms with Gasteiger partial charge in [-0.05, 0) is 12.1 Å². The van der Waals surface area contributed by atoms with E-state index in [1.54, 1.807) is 10.9 Å². The molecule has 1 aromatic heterocycles. The molecule has 1 amide bonds. The largest absolute Gasteiger partial charge is 0.479 e. The maximum absolute atomic E-state index is 11.2. The molecule has 0 saturated heterocycles. The number of amides is 1. The number of carbonyl (C=O) groups is 2. The second-order valence-corrected chi connectivity index (χ2v) is 4.07. The topological polar surface area (TPSA) is 75.4 Å². The Morgan fingerprint density at radius 3 is 2.68 bits per heavy atom. The first kappa shape index (κ1) is 12.8. The van der Waals surface area contributed by atoms with Gasteiger partial charge in [0, 0.05) is 18.8 Å². The monoisotopic (exact) mass is 259 g/mol. The van der Waals surface area contributed by atoms with Crippen LogP contribution in [0, 0.1) is 0 Å². The van der Waals surface area contributed by atoms with Crippen molar-refractivity contribution < 1.29 is 14.7 Å². The lowest BCUT2D eigenvalue weighted by molar-refractivity contribution is -0.145. The average molecular weight is 259 g/mol. The molecule has 0 aliphatic rings. The highest BCUT2D eigenvalue weighted by Gasteiger charge is 2.25. The van der Waals surface area contributed by atoms with E-state index in [1.165, 1.54) is 13.2 Å². The molecule has 19 heavy (non-hydrogen) atoms. The number of carbonyl (C=O) groups excluding carboxylic acids is 1. The summed E-state index contributed by atoms with van der Waals surface area (Å²) >= 11 is 0. The van der Waals surface area contributed by atoms with Crippen LogP contribution >= 0.6 is 0 Å². The fourth-order valence-corrected chi connectivity index (χ4v) is 1.81. The number of hydrogen-bond acceptors (Lipinski definition) is 3. The Morgan fingerprint density at radius 2 is 2.11 bits per heavy atom. The van der Waals surface area contributed by atoms with Crippen molar-refractivity contribution in [1.29, 1.82) is 0 Å². The number of rotatable bonds is 5. The van der Waals surface area contributed by atoms with Crippen LogP contribution in [0.1, 0.15) is 11.6 Å². The van der Waals surface area contributed by atoms with Crippen molar-refractivity contribution in [1.82, 2.24) is 14.7 Å². The van der Waals surface area contributed by atoms with Crippen LogP contribution in [0.4, 0.5) is 0 Å². The Morgan fingerprint density at radius 1 is 1.42 bits per heavy atom. The first-order chi connectivity index (χ1) is 9.13. The second-order valence-electron chi connectivity index (χ2n) is 4.07. The van der Waals surface area contributed by atoms with Gasteiger partial charge in [-0.1, -0.05) is 18.2 Å². The van der Waals surface area contributed by atoms with E-state index >= 15 is 0 Å². The molecular weight excluding hydrogens is 246 g/mol. The van der Waals surface area contributed by atoms with Gasteiger partial charge in [0.05, 0.1) is 11.9 Å². The number of aliphatic carboxylic acids is 1. The van der Waals surface area contributed by atoms with Gasteiger partial charge in [-0.25, -0.2) is 9.48 Å². The SMILES string of the molecule is CN(C=O)C(C(=O)O)c1cnn(-c2ccccc2)c1. The Labute approximate surface area is 109 Å². The summed E-state index contributed by atoms with van der Waals surface area (Å²) in [6.45, 7) is 0. The minimum atomic E-state index is -1.10. The maximum atomic E-state index is 11.2. The predicted octanol–water partition coefficient (Wildman–Crippen LogP) is 1.09. The minimum absolute atomic E-state index is 0.450. The van der Waals surface area contributed by atoms with Gasteiger partial charge in [0.2, 0.25) is 6.41 Å². The van der Waals surface area contributed by atoms with Crippen LogP contribution in [-0.4, -0.2) is 39.2 Å². The molecule has 2 rings (SSSR count). The number of nitrogens with zero attached hydrogens (tertiary/aromatic N) is 3. The molecular formula is C13H13N3O3. The summed E-state index contributed by atoms with van der Waals surface area (Å²) in [5, 5.41) is 13.3. The molecule has 0 spiro atoms. The third kappa shape index (κ3) is 2.62. The zero-order valence-electron chi connectivity index (χ0n) is 10.3. The number of para-hydroxylation sites is 1. The molecule has 0 fully saturated rings. The van der Waals surface area contributed by atoms with Crippen molar-refractivity contribution in [3.63, 3.8) is 0 Å². The minimum Gasteiger partial charge on any atom is -0.479 e. The summed E-state index contributed by atoms with van der Waals surface area (Å²) in [6, 6.07) is 8.29. The van der Waals surface area contributed by atoms with E-state index in [9.17, 15) is 14.7 Å². The van der Waals surface area contributed by atoms with Crippen molar-refractivity contribution in [2.45, 2.75) is 6.04 Å². The molecule has 0 aliphatic carbocycles. The van der Waals surface area contributed by atoms with Gasteiger partial charge in [-0.2, -0.15) is 5.10 Å². The third-order valence-electron chi connectivity index (χ3n) is 2.75. The lowest BCUT2D eigenvalue weighted by Gasteiger charge is -2.18. The number of likely N-dealkylation sites (N-methyl/N-ethyl adjacent to an activating group) is 1. The zero-order chi connectivity index (χ0) is 13.8. The molecule has 1 N–H and O–H groups in total. The van der Waals surface area contributed by atoms with Crippen molar-refractivity contribution in [3.05, 3.63) is 48.3 Å². The number of benzene rings is 1. The molecule has 0 saturated carbocycles. The van der Waals surface area contributed by atoms with Gasteiger partial charge in [0.25, 0.3) is 0 Å². The van der Waals surface area contributed by atoms with Crippen LogP contribution < -0.4 is 0 Å². The Balaban J connectivity index is 2.34. The normalized spacial score (nSPS) is 11.8. The Bertz CT molecular complexity index is 580. The smallest absolute Gasteiger partial charge is 0.331 e. The third-order valence-corrected chi connectivity index (χ3v) is 2.75. The summed E-state index contributed by atoms with van der Waals surface area (Å²) in [7, 11) is 1.42. The lowest BCUT2D eigenvalue weighted by Crippen LogP contribution is -2.29. The fraction of sp³-hybridized carbons (Fsp3) is 0.154. The molecule has 6 nitrogen and oxygen atoms in total. The van der Waals surface area contributed by atoms with Gasteiger partial charge >= 0.3 is 5.97 Å². The van der Waals surface area contributed by atoms with Crippen LogP contribution in [0.3, 0.4) is 0 Å². The van der Waals surface area contributed by atoms with Gasteiger partial charge in [-0.15, -0.1) is 0 Å². The predicted molar refractivity (Wildman–Crippen MR) is 67.8 cm³/mol. The lowest BCUT2D eigenvalue weighted by atomic mass is 10.1. The van der Waals surface area contributed by atoms with Gasteiger partial charge in [0.1, 0.15) is 0 Å². The highest BCUT2D eigenvalue weighted by Crippen LogP contribution is 2.19. The number of aromatic nitrogens is 2. The molecule has 98 valence electrons. The maximum Gasteiger partial charge on any atom is 0.331 e. The van der Waals surface area contributed by atoms with Crippen molar-refractivity contribution >= 4 is 12.4 Å². The summed E-state index contributed by atoms with van der Waals surface area (Å²) in [5.74, 6) is -1.10. The first-order valence-corrected chi connectivity index (χ1v) is 5.63. The van der Waals surface area contributed by atoms with Gasteiger partial charge < -0.3 is 10.0 Å². The Hall–Kier alpha value is -2.63. The number of carboxylic acid groups (broad SMARTS) is 1. The van der Waals surface area contributed by atoms with Gasteiger partial charge in [0.15, 0.2) is 6.04 Å². The quantitative estimate of drug-likeness (QED) is 0.815. The molecule has 1 unspecified atom stereocenters. The van der Waals surface area contributed by atoms with E-state index in [0.717, 1.165) is 10.6 Å². The average Bonchev–Trinajstić information content (AvgIpc) is 2.88. The van der Waals surface area contributed by atoms with E-state index in [-0.39, 0.29) is 0 Å². The van der Waals surface area contributed by atoms with E-state index in [0.29, 0.717) is 12.0 Å². The van der Waals surface area contributed by atoms with Crippen molar-refractivity contribution in [2.75, 3.05) is 7.05 Å². The van der Waals surface area contributed by atoms with Crippen LogP contribution in [0.2, 0.25) is 0 Å². The Kier molecular flexibility index (Phi) is 3.61. The fourth-order valence-electron chi connectivity index (χ4n) is 1.81. The summed E-state index contributed by atoms with van der Waals surface area (Å²) in [6.07, 6.45) is 3.54. The first-order valence-electron chi connectivity index (χ1n) is 5.63. The van der Waals surface area contributed by atoms with Gasteiger partial charge in [-0.3, -0.25) is 4.79 Å². The zero-order valence-corrected chi connectivity index (χ0v) is 10.3. The van der Waals surface area contributed by atoms with Crippen molar-refractivity contribution in [2.24, 2.45) is 0 Å². The summed E-state index contributed by atoms with van der Waals surface area (Å²) in [4.78, 5) is 23.0. The van der Waals surface area contributed by atoms with Crippen LogP contribution in [0.15, 0.2) is 42.7 Å². The highest BCUT2D eigenvalue weighted by atomic mass is 16.4. The van der Waals surface area contributed by atoms with E-state index < -0.39 is 12.0 Å². The van der Waals surface area contributed by atoms with Crippen molar-refractivity contribution in [3.8, 4) is 5.69 Å².